The second-order valence-electron chi connectivity index (χ2n) is 6.02. The van der Waals surface area contributed by atoms with Crippen molar-refractivity contribution in [3.63, 3.8) is 0 Å². The number of aromatic amines is 1. The number of ether oxygens (including phenoxy) is 2. The van der Waals surface area contributed by atoms with Gasteiger partial charge in [-0.3, -0.25) is 4.79 Å². The van der Waals surface area contributed by atoms with Gasteiger partial charge in [-0.05, 0) is 37.6 Å². The quantitative estimate of drug-likeness (QED) is 0.416. The second-order valence-corrected chi connectivity index (χ2v) is 6.02. The number of rotatable bonds is 3. The number of benzene rings is 2. The van der Waals surface area contributed by atoms with Crippen molar-refractivity contribution >= 4 is 32.6 Å². The number of aryl methyl sites for hydroxylation is 1. The Kier molecular flexibility index (Phi) is 5.40. The van der Waals surface area contributed by atoms with Crippen LogP contribution >= 0.6 is 0 Å². The van der Waals surface area contributed by atoms with Crippen LogP contribution in [0, 0.1) is 6.92 Å². The zero-order valence-corrected chi connectivity index (χ0v) is 16.6. The van der Waals surface area contributed by atoms with Gasteiger partial charge in [-0.2, -0.15) is 0 Å². The molecular weight excluding hydrogens is 358 g/mol. The Morgan fingerprint density at radius 3 is 2.46 bits per heavy atom. The molecule has 1 N–H and O–H groups in total. The molecule has 0 saturated heterocycles. The number of hydrogen-bond acceptors (Lipinski definition) is 5. The van der Waals surface area contributed by atoms with Crippen LogP contribution in [0.25, 0.3) is 32.6 Å². The van der Waals surface area contributed by atoms with Crippen LogP contribution in [0.3, 0.4) is 0 Å². The molecule has 0 aliphatic rings. The summed E-state index contributed by atoms with van der Waals surface area (Å²) < 4.78 is 16.8. The van der Waals surface area contributed by atoms with Crippen LogP contribution in [0.5, 0.6) is 11.5 Å². The van der Waals surface area contributed by atoms with E-state index in [2.05, 4.69) is 4.98 Å². The van der Waals surface area contributed by atoms with Crippen molar-refractivity contribution in [2.24, 2.45) is 0 Å². The first kappa shape index (κ1) is 19.5. The molecule has 4 rings (SSSR count). The smallest absolute Gasteiger partial charge is 0.344 e. The van der Waals surface area contributed by atoms with Gasteiger partial charge in [-0.15, -0.1) is 0 Å². The third kappa shape index (κ3) is 3.01. The summed E-state index contributed by atoms with van der Waals surface area (Å²) in [6, 6.07) is 8.48. The number of aromatic nitrogens is 1. The molecule has 2 aromatic carbocycles. The topological polar surface area (TPSA) is 81.5 Å². The lowest BCUT2D eigenvalue weighted by Crippen LogP contribution is -2.08. The van der Waals surface area contributed by atoms with Crippen LogP contribution in [0.4, 0.5) is 0 Å². The zero-order valence-electron chi connectivity index (χ0n) is 16.6. The lowest BCUT2D eigenvalue weighted by Gasteiger charge is -2.14. The molecule has 0 spiro atoms. The molecular formula is C22H23NO5. The molecule has 0 fully saturated rings. The van der Waals surface area contributed by atoms with Crippen molar-refractivity contribution in [3.05, 3.63) is 56.7 Å². The fourth-order valence-corrected chi connectivity index (χ4v) is 3.48. The Labute approximate surface area is 161 Å². The van der Waals surface area contributed by atoms with E-state index in [-0.39, 0.29) is 5.56 Å². The number of fused-ring (bicyclic) bond motifs is 5. The highest BCUT2D eigenvalue weighted by Gasteiger charge is 2.18. The van der Waals surface area contributed by atoms with Gasteiger partial charge < -0.3 is 18.9 Å². The van der Waals surface area contributed by atoms with E-state index in [4.69, 9.17) is 13.9 Å². The molecule has 0 radical (unpaired) electrons. The van der Waals surface area contributed by atoms with E-state index in [0.29, 0.717) is 56.3 Å². The van der Waals surface area contributed by atoms with Crippen LogP contribution in [0.1, 0.15) is 26.3 Å². The third-order valence-corrected chi connectivity index (χ3v) is 4.47. The normalized spacial score (nSPS) is 10.8. The first-order valence-electron chi connectivity index (χ1n) is 9.28. The van der Waals surface area contributed by atoms with Crippen LogP contribution in [0.15, 0.2) is 44.3 Å². The molecule has 6 nitrogen and oxygen atoms in total. The molecule has 0 aliphatic carbocycles. The van der Waals surface area contributed by atoms with Crippen molar-refractivity contribution in [1.82, 2.24) is 4.98 Å². The molecule has 4 aromatic rings. The minimum atomic E-state index is -0.459. The van der Waals surface area contributed by atoms with Crippen molar-refractivity contribution in [2.75, 3.05) is 13.7 Å². The summed E-state index contributed by atoms with van der Waals surface area (Å²) in [5.74, 6) is 1.09. The van der Waals surface area contributed by atoms with Gasteiger partial charge in [0, 0.05) is 22.4 Å². The maximum Gasteiger partial charge on any atom is 0.344 e. The minimum absolute atomic E-state index is 0.212. The Morgan fingerprint density at radius 2 is 1.79 bits per heavy atom. The van der Waals surface area contributed by atoms with Gasteiger partial charge in [0.15, 0.2) is 11.5 Å². The summed E-state index contributed by atoms with van der Waals surface area (Å²) >= 11 is 0. The minimum Gasteiger partial charge on any atom is -0.492 e. The van der Waals surface area contributed by atoms with Crippen molar-refractivity contribution < 1.29 is 13.9 Å². The first-order valence-corrected chi connectivity index (χ1v) is 9.28. The number of methoxy groups -OCH3 is 1. The van der Waals surface area contributed by atoms with Gasteiger partial charge in [0.05, 0.1) is 24.5 Å². The monoisotopic (exact) mass is 381 g/mol. The van der Waals surface area contributed by atoms with Gasteiger partial charge in [0.25, 0.3) is 0 Å². The first-order chi connectivity index (χ1) is 13.5. The number of pyridine rings is 1. The summed E-state index contributed by atoms with van der Waals surface area (Å²) in [5.41, 5.74) is 1.05. The largest absolute Gasteiger partial charge is 0.492 e. The van der Waals surface area contributed by atoms with Crippen LogP contribution in [0.2, 0.25) is 0 Å². The highest BCUT2D eigenvalue weighted by atomic mass is 16.5. The highest BCUT2D eigenvalue weighted by Crippen LogP contribution is 2.40. The summed E-state index contributed by atoms with van der Waals surface area (Å²) in [7, 11) is 1.55. The Morgan fingerprint density at radius 1 is 1.04 bits per heavy atom. The lowest BCUT2D eigenvalue weighted by atomic mass is 10.00. The molecule has 0 amide bonds. The Bertz CT molecular complexity index is 1280. The van der Waals surface area contributed by atoms with Crippen LogP contribution < -0.4 is 20.7 Å². The average molecular weight is 381 g/mol. The molecule has 0 saturated carbocycles. The molecule has 0 unspecified atom stereocenters. The molecule has 6 heteroatoms. The van der Waals surface area contributed by atoms with E-state index in [9.17, 15) is 9.59 Å². The van der Waals surface area contributed by atoms with E-state index in [1.54, 1.807) is 38.3 Å². The fourth-order valence-electron chi connectivity index (χ4n) is 3.48. The molecule has 0 aliphatic heterocycles. The lowest BCUT2D eigenvalue weighted by molar-refractivity contribution is 0.313. The van der Waals surface area contributed by atoms with Crippen molar-refractivity contribution in [2.45, 2.75) is 27.7 Å². The summed E-state index contributed by atoms with van der Waals surface area (Å²) in [6.45, 7) is 8.18. The van der Waals surface area contributed by atoms with Gasteiger partial charge in [0.1, 0.15) is 5.58 Å². The molecule has 0 atom stereocenters. The van der Waals surface area contributed by atoms with E-state index >= 15 is 0 Å². The molecule has 2 aromatic heterocycles. The average Bonchev–Trinajstić information content (AvgIpc) is 2.69. The van der Waals surface area contributed by atoms with Crippen LogP contribution in [-0.4, -0.2) is 18.7 Å². The third-order valence-electron chi connectivity index (χ3n) is 4.47. The number of hydrogen-bond donors (Lipinski definition) is 1. The number of nitrogens with one attached hydrogen (secondary N) is 1. The SMILES string of the molecule is CC.CCOc1ccc2oc(=O)c3c(ccc4[nH]c(=O)cc(C)c43)c2c1OC. The van der Waals surface area contributed by atoms with Gasteiger partial charge in [0.2, 0.25) is 5.56 Å². The molecule has 28 heavy (non-hydrogen) atoms. The summed E-state index contributed by atoms with van der Waals surface area (Å²) in [6.07, 6.45) is 0. The summed E-state index contributed by atoms with van der Waals surface area (Å²) in [4.78, 5) is 27.3. The second kappa shape index (κ2) is 7.76. The van der Waals surface area contributed by atoms with E-state index in [1.807, 2.05) is 20.8 Å². The number of H-pyrrole nitrogens is 1. The molecule has 0 bridgehead atoms. The predicted octanol–water partition coefficient (Wildman–Crippen LogP) is 4.53. The Balaban J connectivity index is 0.00000109. The molecule has 2 heterocycles. The predicted molar refractivity (Wildman–Crippen MR) is 112 cm³/mol. The van der Waals surface area contributed by atoms with E-state index < -0.39 is 5.63 Å². The van der Waals surface area contributed by atoms with E-state index in [0.717, 1.165) is 0 Å². The summed E-state index contributed by atoms with van der Waals surface area (Å²) in [5, 5.41) is 2.44. The van der Waals surface area contributed by atoms with E-state index in [1.165, 1.54) is 6.07 Å². The maximum atomic E-state index is 12.7. The van der Waals surface area contributed by atoms with Gasteiger partial charge in [-0.25, -0.2) is 4.79 Å². The Hall–Kier alpha value is -3.28. The maximum absolute atomic E-state index is 12.7. The highest BCUT2D eigenvalue weighted by molar-refractivity contribution is 6.17. The van der Waals surface area contributed by atoms with Crippen molar-refractivity contribution in [3.8, 4) is 11.5 Å². The fraction of sp³-hybridized carbons (Fsp3) is 0.273. The van der Waals surface area contributed by atoms with Gasteiger partial charge >= 0.3 is 5.63 Å². The standard InChI is InChI=1S/C20H17NO5.C2H6/c1-4-25-14-8-7-13-17(19(14)24-3)11-5-6-12-16(18(11)20(23)26-13)10(2)9-15(22)21-12;1-2/h5-9H,4H2,1-3H3,(H,21,22);1-2H3. The van der Waals surface area contributed by atoms with Gasteiger partial charge in [-0.1, -0.05) is 19.9 Å². The van der Waals surface area contributed by atoms with Crippen molar-refractivity contribution in [1.29, 1.82) is 0 Å². The zero-order chi connectivity index (χ0) is 20.4. The molecule has 146 valence electrons. The van der Waals surface area contributed by atoms with Crippen LogP contribution in [-0.2, 0) is 0 Å².